The first-order valence-electron chi connectivity index (χ1n) is 4.53. The fourth-order valence-electron chi connectivity index (χ4n) is 1.36. The van der Waals surface area contributed by atoms with Crippen LogP contribution in [-0.4, -0.2) is 7.05 Å². The van der Waals surface area contributed by atoms with Gasteiger partial charge in [-0.3, -0.25) is 17.3 Å². The number of benzene rings is 1. The Morgan fingerprint density at radius 2 is 0.389 bits per heavy atom. The van der Waals surface area contributed by atoms with Gasteiger partial charge < -0.3 is 32.0 Å². The van der Waals surface area contributed by atoms with Gasteiger partial charge in [0.1, 0.15) is 0 Å². The summed E-state index contributed by atoms with van der Waals surface area (Å²) in [6, 6.07) is 8.90. The number of fused-ring (bicyclic) bond motifs is 1. The van der Waals surface area contributed by atoms with Crippen LogP contribution in [0.3, 0.4) is 0 Å². The van der Waals surface area contributed by atoms with E-state index in [4.69, 9.17) is 4.42 Å². The maximum Gasteiger partial charge on any atom is 0.155 e. The molecule has 0 N–H and O–H groups in total. The van der Waals surface area contributed by atoms with Crippen molar-refractivity contribution in [3.63, 3.8) is 0 Å². The Morgan fingerprint density at radius 1 is 0.250 bits per heavy atom. The Labute approximate surface area is 1250 Å². The molecule has 3 nitrogen and oxygen atoms in total. The van der Waals surface area contributed by atoms with E-state index in [1.54, 1.807) is 14.0 Å². The first kappa shape index (κ1) is 451. The Balaban J connectivity index is -0.000000000832. The van der Waals surface area contributed by atoms with Crippen LogP contribution >= 0.6 is 0 Å². The Kier molecular flexibility index (Phi) is 2140. The van der Waals surface area contributed by atoms with E-state index in [1.807, 2.05) is 6.92 Å². The number of aryl methyl sites for hydroxylation is 2. The molecule has 0 saturated carbocycles. The van der Waals surface area contributed by atoms with Crippen molar-refractivity contribution >= 4 is 16.7 Å². The minimum Gasteiger partial charge on any atom is -0.710 e. The zero-order valence-electron chi connectivity index (χ0n) is 32.0. The average Bonchev–Trinajstić information content (AvgIpc) is 2.20. The Bertz CT molecular complexity index is 623. The van der Waals surface area contributed by atoms with Gasteiger partial charge in [-0.15, -0.1) is 14.0 Å². The summed E-state index contributed by atoms with van der Waals surface area (Å²) in [7, 11) is 1.66. The van der Waals surface area contributed by atoms with Crippen LogP contribution in [0, 0.1) is 32.0 Å². The smallest absolute Gasteiger partial charge is 0.155 e. The van der Waals surface area contributed by atoms with E-state index in [2.05, 4.69) is 23.5 Å². The Morgan fingerprint density at radius 3 is 0.528 bits per heavy atom. The molecular formula is C12H9NO2W57-4. The maximum absolute atomic E-state index is 11.3. The predicted molar refractivity (Wildman–Crippen MR) is 57.4 cm³/mol. The molecule has 72 heavy (non-hydrogen) atoms. The van der Waals surface area contributed by atoms with Gasteiger partial charge in [0.15, 0.2) is 5.63 Å². The van der Waals surface area contributed by atoms with Crippen molar-refractivity contribution in [2.75, 3.05) is 7.05 Å². The molecule has 0 saturated heterocycles. The van der Waals surface area contributed by atoms with Crippen molar-refractivity contribution < 1.29 is 1210 Å². The fraction of sp³-hybridized carbons (Fsp3) is 0.250. The predicted octanol–water partition coefficient (Wildman–Crippen LogP) is 2.30. The first-order chi connectivity index (χ1) is 7.11. The summed E-state index contributed by atoms with van der Waals surface area (Å²) in [5.41, 5.74) is 1.94. The number of nitrogens with zero attached hydrogens (tertiary/aromatic N) is 1. The molecule has 0 atom stereocenters. The molecule has 1 aromatic heterocycles. The average molecular weight is 10700 g/mol. The van der Waals surface area contributed by atoms with E-state index in [-0.39, 0.29) is 1200 Å². The molecule has 0 aliphatic rings. The van der Waals surface area contributed by atoms with Crippen LogP contribution in [0.25, 0.3) is 16.3 Å². The molecule has 0 amide bonds. The molecule has 0 spiro atoms. The monoisotopic (exact) mass is 10700 g/mol. The molecule has 0 unspecified atom stereocenters. The number of hydrogen-bond donors (Lipinski definition) is 0. The number of hydrogen-bond acceptors (Lipinski definition) is 2. The Hall–Kier alpha value is 37.5. The van der Waals surface area contributed by atoms with Gasteiger partial charge in [-0.25, -0.2) is 0 Å². The maximum atomic E-state index is 11.3. The summed E-state index contributed by atoms with van der Waals surface area (Å²) >= 11 is 0. The molecule has 0 fully saturated rings. The van der Waals surface area contributed by atoms with Crippen LogP contribution in [0.5, 0.6) is 0 Å². The van der Waals surface area contributed by atoms with Crippen molar-refractivity contribution in [1.82, 2.24) is 0 Å². The molecule has 2 rings (SSSR count). The molecule has 60 heteroatoms. The minimum absolute atomic E-state index is 0. The third-order valence-corrected chi connectivity index (χ3v) is 2.16. The summed E-state index contributed by atoms with van der Waals surface area (Å²) in [6.07, 6.45) is 0. The second-order valence-corrected chi connectivity index (χ2v) is 3.29. The second kappa shape index (κ2) is 343. The SMILES string of the molecule is C[N-]c1[c-]c2oc(=O)c(C)[c-]c2[c-]c1C.[W].[W].[W].[W].[W].[W].[W].[W].[W].[W].[W].[W].[W].[W].[W].[W].[W].[W].[W].[W].[W].[W].[W].[W].[W].[W].[W].[W].[W].[W].[W].[W].[W].[W].[W].[W].[W].[W].[W].[W].[W].[W].[W].[W].[W].[W].[W].[W].[W].[W].[W].[W].[W].[W].[W].[W].[W]. The molecular weight excluding hydrogens is 10700 g/mol. The molecule has 1 heterocycles. The van der Waals surface area contributed by atoms with Gasteiger partial charge in [-0.1, -0.05) is 6.92 Å². The summed E-state index contributed by atoms with van der Waals surface area (Å²) in [6.45, 7) is 3.54. The van der Waals surface area contributed by atoms with Crippen LogP contribution < -0.4 is 5.63 Å². The molecule has 0 radical (unpaired) electrons. The largest absolute Gasteiger partial charge is 0.710 e. The van der Waals surface area contributed by atoms with Crippen LogP contribution in [0.2, 0.25) is 0 Å². The van der Waals surface area contributed by atoms with E-state index in [0.29, 0.717) is 22.2 Å². The van der Waals surface area contributed by atoms with Crippen LogP contribution in [0.1, 0.15) is 11.1 Å². The van der Waals surface area contributed by atoms with E-state index in [9.17, 15) is 4.79 Å². The van der Waals surface area contributed by atoms with Crippen molar-refractivity contribution in [2.24, 2.45) is 0 Å². The summed E-state index contributed by atoms with van der Waals surface area (Å²) in [4.78, 5) is 11.3. The van der Waals surface area contributed by atoms with Crippen molar-refractivity contribution in [2.45, 2.75) is 13.8 Å². The van der Waals surface area contributed by atoms with Gasteiger partial charge >= 0.3 is 0 Å². The summed E-state index contributed by atoms with van der Waals surface area (Å²) < 4.78 is 5.06. The normalized spacial score (nSPS) is 2.21. The zero-order valence-corrected chi connectivity index (χ0v) is 199. The summed E-state index contributed by atoms with van der Waals surface area (Å²) in [5.74, 6) is 0. The first-order valence-corrected chi connectivity index (χ1v) is 4.53. The van der Waals surface area contributed by atoms with Crippen molar-refractivity contribution in [3.05, 3.63) is 45.1 Å². The fourth-order valence-corrected chi connectivity index (χ4v) is 1.36. The van der Waals surface area contributed by atoms with Crippen molar-refractivity contribution in [1.29, 1.82) is 0 Å². The second-order valence-electron chi connectivity index (χ2n) is 3.29. The van der Waals surface area contributed by atoms with E-state index >= 15 is 0 Å². The minimum atomic E-state index is -0.391. The van der Waals surface area contributed by atoms with Crippen LogP contribution in [0.4, 0.5) is 5.69 Å². The van der Waals surface area contributed by atoms with Gasteiger partial charge in [-0.05, 0) is 0 Å². The molecule has 2 aromatic rings. The van der Waals surface area contributed by atoms with E-state index < -0.39 is 5.63 Å². The van der Waals surface area contributed by atoms with Gasteiger partial charge in [0.05, 0.1) is 0 Å². The molecule has 420 valence electrons. The van der Waals surface area contributed by atoms with Gasteiger partial charge in [0.25, 0.3) is 0 Å². The summed E-state index contributed by atoms with van der Waals surface area (Å²) in [5, 5.41) is 4.65. The quantitative estimate of drug-likeness (QED) is 0.326. The number of rotatable bonds is 1. The molecule has 0 aliphatic carbocycles. The molecule has 1 aromatic carbocycles. The third kappa shape index (κ3) is 268. The van der Waals surface area contributed by atoms with Gasteiger partial charge in [-0.2, -0.15) is 11.1 Å². The van der Waals surface area contributed by atoms with E-state index in [1.165, 1.54) is 0 Å². The molecule has 0 aliphatic heterocycles. The van der Waals surface area contributed by atoms with Crippen LogP contribution in [-0.2, 0) is 1200 Å². The van der Waals surface area contributed by atoms with E-state index in [0.717, 1.165) is 5.56 Å². The zero-order chi connectivity index (χ0) is 11.0. The van der Waals surface area contributed by atoms with Gasteiger partial charge in [0.2, 0.25) is 0 Å². The van der Waals surface area contributed by atoms with Crippen molar-refractivity contribution in [3.8, 4) is 0 Å². The standard InChI is InChI=1S/C12H10NO2.57W/c1-7-4-9-5-8(2)12(14)15-11(9)6-10(7)13-3;;;;;;;;;;;;;;;;;;;;;;;;;;;;;;;;;;;;;;;;;;;;;;;;;;;;;;;;;/h1-3H3,(H,13,14);;;;;;;;;;;;;;;;;;;;;;;;;;;;;;;;;;;;;;;;;;;;;;;;;;;;;;;;;/q-3;;;;;;;;;;;;;;;;;;;;;;;;;;;;;;;;;;;;;;;;;;;;;;;;;;;;;;;;;/p-1. The van der Waals surface area contributed by atoms with Crippen LogP contribution in [0.15, 0.2) is 9.21 Å². The molecule has 0 bridgehead atoms. The van der Waals surface area contributed by atoms with Gasteiger partial charge in [0, 0.05) is 1200 Å². The third-order valence-electron chi connectivity index (χ3n) is 2.16. The topological polar surface area (TPSA) is 44.3 Å².